The standard InChI is InChI=1S/C62H61ClFN11O9S/c1-71-49-29-42(45(64)28-38(49)31-67-71)40-10-6-14-48-56(40)57(70-75(48)35-53(78)65-32-52(77)66-33-55(80)81)37-19-24-72(25-20-37)54(79)17-16-36-18-23-74(34-36)61(83)62(84-50-15-5-3-9-41(50)59-69-47-13-7-11-44(63)58(47)85-59)21-26-73(27-22-62)60(82)43-30-51(76)68-46-12-4-2-8-39(43)46/h2-15,28-29,31,36-37,43H,16-27,30,32-35H2,1H3,(H,65,78)(H,66,77)(H,68,76)(H,80,81)/t36?,43-/m0/s1. The molecule has 4 aliphatic heterocycles. The molecule has 12 rings (SSSR count). The molecule has 2 atom stereocenters. The van der Waals surface area contributed by atoms with Gasteiger partial charge in [-0.25, -0.2) is 9.37 Å². The number of carboxylic acid groups (broad SMARTS) is 1. The van der Waals surface area contributed by atoms with Gasteiger partial charge in [-0.1, -0.05) is 60.1 Å². The number of nitrogens with one attached hydrogen (secondary N) is 3. The topological polar surface area (TPSA) is 243 Å². The maximum atomic E-state index is 16.1. The Hall–Kier alpha value is -8.76. The molecule has 4 N–H and O–H groups in total. The third-order valence-corrected chi connectivity index (χ3v) is 18.6. The van der Waals surface area contributed by atoms with Crippen molar-refractivity contribution in [3.63, 3.8) is 0 Å². The SMILES string of the molecule is Cn1ncc2cc(F)c(-c3cccc4c3c(C3CCN(C(=O)CCC5CCN(C(=O)C6(Oc7ccccc7-c7nc8cccc(Cl)c8s7)CCN(C(=O)[C@H]7CC(=O)Nc8ccccc87)CC6)C5)CC3)nn4CC(=O)NCC(=O)NCC(=O)O)cc21. The number of aryl methyl sites for hydroxylation is 1. The molecule has 3 fully saturated rings. The van der Waals surface area contributed by atoms with Crippen molar-refractivity contribution in [2.75, 3.05) is 57.7 Å². The third kappa shape index (κ3) is 11.5. The molecule has 5 aromatic carbocycles. The number of para-hydroxylation sites is 2. The van der Waals surface area contributed by atoms with Crippen molar-refractivity contribution in [3.8, 4) is 27.4 Å². The summed E-state index contributed by atoms with van der Waals surface area (Å²) in [6, 6.07) is 29.0. The Morgan fingerprint density at radius 1 is 0.824 bits per heavy atom. The molecular formula is C62H61ClFN11O9S. The number of aliphatic carboxylic acids is 1. The number of hydrogen-bond donors (Lipinski definition) is 4. The van der Waals surface area contributed by atoms with Crippen LogP contribution in [0.25, 0.3) is 53.7 Å². The van der Waals surface area contributed by atoms with Gasteiger partial charge in [0.25, 0.3) is 5.91 Å². The van der Waals surface area contributed by atoms with E-state index in [0.717, 1.165) is 21.3 Å². The number of halogens is 2. The molecule has 3 aromatic heterocycles. The quantitative estimate of drug-likeness (QED) is 0.0722. The summed E-state index contributed by atoms with van der Waals surface area (Å²) >= 11 is 8.04. The van der Waals surface area contributed by atoms with Gasteiger partial charge in [0, 0.05) is 99.9 Å². The van der Waals surface area contributed by atoms with Gasteiger partial charge in [-0.2, -0.15) is 10.2 Å². The van der Waals surface area contributed by atoms with Crippen molar-refractivity contribution in [1.29, 1.82) is 0 Å². The number of carboxylic acids is 1. The Morgan fingerprint density at radius 2 is 1.56 bits per heavy atom. The maximum Gasteiger partial charge on any atom is 0.322 e. The fourth-order valence-electron chi connectivity index (χ4n) is 12.6. The maximum absolute atomic E-state index is 16.1. The number of likely N-dealkylation sites (tertiary alicyclic amines) is 3. The van der Waals surface area contributed by atoms with Gasteiger partial charge >= 0.3 is 5.97 Å². The van der Waals surface area contributed by atoms with Crippen LogP contribution in [-0.4, -0.2) is 144 Å². The molecule has 0 bridgehead atoms. The third-order valence-electron chi connectivity index (χ3n) is 17.0. The minimum atomic E-state index is -1.35. The van der Waals surface area contributed by atoms with Crippen molar-refractivity contribution >= 4 is 102 Å². The molecule has 23 heteroatoms. The van der Waals surface area contributed by atoms with Crippen LogP contribution in [0.3, 0.4) is 0 Å². The Kier molecular flexibility index (Phi) is 15.8. The second-order valence-electron chi connectivity index (χ2n) is 22.4. The number of hydrogen-bond acceptors (Lipinski definition) is 12. The first-order chi connectivity index (χ1) is 41.1. The largest absolute Gasteiger partial charge is 0.480 e. The van der Waals surface area contributed by atoms with Crippen molar-refractivity contribution < 1.29 is 47.8 Å². The minimum absolute atomic E-state index is 0.00225. The van der Waals surface area contributed by atoms with Gasteiger partial charge in [-0.15, -0.1) is 11.3 Å². The molecular weight excluding hydrogens is 1130 g/mol. The van der Waals surface area contributed by atoms with E-state index in [9.17, 15) is 28.8 Å². The van der Waals surface area contributed by atoms with Crippen LogP contribution < -0.4 is 20.7 Å². The lowest BCUT2D eigenvalue weighted by molar-refractivity contribution is -0.155. The highest BCUT2D eigenvalue weighted by atomic mass is 35.5. The van der Waals surface area contributed by atoms with Crippen LogP contribution in [-0.2, 0) is 47.2 Å². The van der Waals surface area contributed by atoms with Crippen LogP contribution in [0.2, 0.25) is 5.02 Å². The molecule has 0 aliphatic carbocycles. The van der Waals surface area contributed by atoms with Crippen molar-refractivity contribution in [3.05, 3.63) is 125 Å². The number of benzene rings is 5. The summed E-state index contributed by atoms with van der Waals surface area (Å²) in [5.41, 5.74) is 4.34. The van der Waals surface area contributed by atoms with Crippen LogP contribution in [0.5, 0.6) is 5.75 Å². The van der Waals surface area contributed by atoms with E-state index in [-0.39, 0.29) is 80.8 Å². The highest BCUT2D eigenvalue weighted by molar-refractivity contribution is 7.22. The Morgan fingerprint density at radius 3 is 2.36 bits per heavy atom. The second-order valence-corrected chi connectivity index (χ2v) is 23.8. The lowest BCUT2D eigenvalue weighted by atomic mass is 9.86. The Balaban J connectivity index is 0.730. The predicted molar refractivity (Wildman–Crippen MR) is 317 cm³/mol. The van der Waals surface area contributed by atoms with E-state index in [0.29, 0.717) is 112 Å². The highest BCUT2D eigenvalue weighted by Crippen LogP contribution is 2.44. The average Bonchev–Trinajstić information content (AvgIpc) is 4.37. The number of rotatable bonds is 16. The van der Waals surface area contributed by atoms with E-state index in [1.54, 1.807) is 47.1 Å². The van der Waals surface area contributed by atoms with Gasteiger partial charge in [0.2, 0.25) is 29.5 Å². The van der Waals surface area contributed by atoms with Gasteiger partial charge in [0.1, 0.15) is 29.7 Å². The monoisotopic (exact) mass is 1190 g/mol. The van der Waals surface area contributed by atoms with E-state index < -0.39 is 48.2 Å². The smallest absolute Gasteiger partial charge is 0.322 e. The summed E-state index contributed by atoms with van der Waals surface area (Å²) in [5.74, 6) is -3.78. The predicted octanol–water partition coefficient (Wildman–Crippen LogP) is 7.88. The fraction of sp³-hybridized carbons (Fsp3) is 0.355. The first-order valence-electron chi connectivity index (χ1n) is 28.5. The summed E-state index contributed by atoms with van der Waals surface area (Å²) in [7, 11) is 1.78. The van der Waals surface area contributed by atoms with E-state index >= 15 is 9.18 Å². The zero-order valence-corrected chi connectivity index (χ0v) is 48.1. The lowest BCUT2D eigenvalue weighted by Crippen LogP contribution is -2.59. The number of carbonyl (C=O) groups excluding carboxylic acids is 6. The average molecular weight is 1190 g/mol. The number of aromatic nitrogens is 5. The fourth-order valence-corrected chi connectivity index (χ4v) is 13.9. The number of thiazole rings is 1. The summed E-state index contributed by atoms with van der Waals surface area (Å²) in [6.07, 6.45) is 4.65. The molecule has 1 unspecified atom stereocenters. The van der Waals surface area contributed by atoms with Crippen molar-refractivity contribution in [2.45, 2.75) is 75.3 Å². The number of nitrogens with zero attached hydrogens (tertiary/aromatic N) is 8. The number of anilines is 1. The number of fused-ring (bicyclic) bond motifs is 4. The Labute approximate surface area is 496 Å². The van der Waals surface area contributed by atoms with Crippen LogP contribution >= 0.6 is 22.9 Å². The van der Waals surface area contributed by atoms with E-state index in [1.165, 1.54) is 22.1 Å². The molecule has 3 saturated heterocycles. The lowest BCUT2D eigenvalue weighted by Gasteiger charge is -2.43. The molecule has 0 radical (unpaired) electrons. The number of ether oxygens (including phenoxy) is 1. The zero-order valence-electron chi connectivity index (χ0n) is 46.5. The van der Waals surface area contributed by atoms with E-state index in [4.69, 9.17) is 31.5 Å². The minimum Gasteiger partial charge on any atom is -0.480 e. The van der Waals surface area contributed by atoms with Crippen LogP contribution in [0.15, 0.2) is 103 Å². The summed E-state index contributed by atoms with van der Waals surface area (Å²) < 4.78 is 27.2. The van der Waals surface area contributed by atoms with Gasteiger partial charge in [-0.05, 0) is 91.3 Å². The van der Waals surface area contributed by atoms with E-state index in [2.05, 4.69) is 21.0 Å². The first-order valence-corrected chi connectivity index (χ1v) is 29.7. The number of amides is 6. The van der Waals surface area contributed by atoms with Crippen LogP contribution in [0.4, 0.5) is 10.1 Å². The number of piperidine rings is 2. The van der Waals surface area contributed by atoms with Gasteiger partial charge in [0.15, 0.2) is 5.60 Å². The molecule has 8 aromatic rings. The van der Waals surface area contributed by atoms with Gasteiger partial charge in [0.05, 0.1) is 56.2 Å². The first kappa shape index (κ1) is 56.7. The Bertz CT molecular complexity index is 3980. The van der Waals surface area contributed by atoms with Gasteiger partial charge in [-0.3, -0.25) is 42.9 Å². The molecule has 20 nitrogen and oxygen atoms in total. The normalized spacial score (nSPS) is 17.9. The van der Waals surface area contributed by atoms with Crippen molar-refractivity contribution in [1.82, 2.24) is 49.9 Å². The molecule has 0 saturated carbocycles. The summed E-state index contributed by atoms with van der Waals surface area (Å²) in [5, 5.41) is 28.4. The van der Waals surface area contributed by atoms with Crippen LogP contribution in [0.1, 0.15) is 74.5 Å². The van der Waals surface area contributed by atoms with Gasteiger partial charge < -0.3 is 40.5 Å². The second kappa shape index (κ2) is 23.7. The summed E-state index contributed by atoms with van der Waals surface area (Å²) in [4.78, 5) is 103. The molecule has 6 amide bonds. The van der Waals surface area contributed by atoms with Crippen LogP contribution in [0, 0.1) is 11.7 Å². The molecule has 438 valence electrons. The highest BCUT2D eigenvalue weighted by Gasteiger charge is 2.49. The molecule has 0 spiro atoms. The zero-order chi connectivity index (χ0) is 59.1. The molecule has 4 aliphatic rings. The van der Waals surface area contributed by atoms with E-state index in [1.807, 2.05) is 76.5 Å². The van der Waals surface area contributed by atoms with Crippen molar-refractivity contribution in [2.24, 2.45) is 13.0 Å². The molecule has 85 heavy (non-hydrogen) atoms. The molecule has 7 heterocycles. The summed E-state index contributed by atoms with van der Waals surface area (Å²) in [6.45, 7) is 0.898. The number of carbonyl (C=O) groups is 7.